The predicted molar refractivity (Wildman–Crippen MR) is 93.7 cm³/mol. The highest BCUT2D eigenvalue weighted by atomic mass is 19.4. The number of carbonyl (C=O) groups excluding carboxylic acids is 1. The first kappa shape index (κ1) is 19.0. The van der Waals surface area contributed by atoms with Gasteiger partial charge in [0.2, 0.25) is 0 Å². The van der Waals surface area contributed by atoms with Gasteiger partial charge in [-0.2, -0.15) is 26.3 Å². The molecule has 10 heteroatoms. The third-order valence-electron chi connectivity index (χ3n) is 5.71. The summed E-state index contributed by atoms with van der Waals surface area (Å²) in [5.41, 5.74) is -2.15. The van der Waals surface area contributed by atoms with E-state index in [1.54, 1.807) is 0 Å². The molecule has 2 aliphatic heterocycles. The Kier molecular flexibility index (Phi) is 3.78. The average Bonchev–Trinajstić information content (AvgIpc) is 3.05. The van der Waals surface area contributed by atoms with E-state index in [2.05, 4.69) is 9.97 Å². The quantitative estimate of drug-likeness (QED) is 0.521. The van der Waals surface area contributed by atoms with E-state index >= 15 is 0 Å². The number of hydrogen-bond donors (Lipinski definition) is 1. The van der Waals surface area contributed by atoms with Crippen LogP contribution in [0.4, 0.5) is 26.3 Å². The van der Waals surface area contributed by atoms with Crippen molar-refractivity contribution in [3.63, 3.8) is 0 Å². The second-order valence-corrected chi connectivity index (χ2v) is 7.40. The van der Waals surface area contributed by atoms with Crippen molar-refractivity contribution >= 4 is 16.8 Å². The first-order chi connectivity index (χ1) is 14.1. The van der Waals surface area contributed by atoms with Crippen LogP contribution in [0.25, 0.3) is 10.9 Å². The number of hydrogen-bond acceptors (Lipinski definition) is 2. The summed E-state index contributed by atoms with van der Waals surface area (Å²) in [5.74, 6) is -0.945. The largest absolute Gasteiger partial charge is 0.433 e. The van der Waals surface area contributed by atoms with Gasteiger partial charge < -0.3 is 9.88 Å². The van der Waals surface area contributed by atoms with E-state index in [0.29, 0.717) is 12.1 Å². The number of H-pyrrole nitrogens is 1. The molecule has 1 atom stereocenters. The second-order valence-electron chi connectivity index (χ2n) is 7.40. The Bertz CT molecular complexity index is 1190. The number of nitrogens with one attached hydrogen (secondary N) is 1. The minimum Gasteiger partial charge on any atom is -0.356 e. The van der Waals surface area contributed by atoms with Crippen molar-refractivity contribution in [1.82, 2.24) is 14.9 Å². The second kappa shape index (κ2) is 5.99. The van der Waals surface area contributed by atoms with Gasteiger partial charge in [0, 0.05) is 29.6 Å². The fourth-order valence-corrected chi connectivity index (χ4v) is 4.45. The maximum atomic E-state index is 13.5. The molecule has 2 aliphatic rings. The third kappa shape index (κ3) is 2.69. The molecule has 1 amide bonds. The molecular formula is C20H13F6N3O. The van der Waals surface area contributed by atoms with Crippen molar-refractivity contribution in [2.45, 2.75) is 31.2 Å². The van der Waals surface area contributed by atoms with Crippen LogP contribution in [0.5, 0.6) is 0 Å². The molecule has 156 valence electrons. The lowest BCUT2D eigenvalue weighted by molar-refractivity contribution is -0.146. The van der Waals surface area contributed by atoms with Crippen LogP contribution >= 0.6 is 0 Å². The van der Waals surface area contributed by atoms with Crippen molar-refractivity contribution in [3.05, 3.63) is 64.1 Å². The molecule has 0 saturated heterocycles. The Hall–Kier alpha value is -3.04. The first-order valence-electron chi connectivity index (χ1n) is 9.14. The molecule has 0 aliphatic carbocycles. The number of halogens is 6. The monoisotopic (exact) mass is 425 g/mol. The molecule has 30 heavy (non-hydrogen) atoms. The molecule has 1 aromatic carbocycles. The predicted octanol–water partition coefficient (Wildman–Crippen LogP) is 4.90. The van der Waals surface area contributed by atoms with Crippen molar-refractivity contribution in [1.29, 1.82) is 0 Å². The topological polar surface area (TPSA) is 49.0 Å². The summed E-state index contributed by atoms with van der Waals surface area (Å²) in [4.78, 5) is 20.9. The Labute approximate surface area is 165 Å². The maximum absolute atomic E-state index is 13.5. The summed E-state index contributed by atoms with van der Waals surface area (Å²) in [6, 6.07) is 6.61. The molecule has 3 aromatic rings. The van der Waals surface area contributed by atoms with E-state index in [-0.39, 0.29) is 19.0 Å². The highest BCUT2D eigenvalue weighted by Crippen LogP contribution is 2.44. The van der Waals surface area contributed by atoms with Gasteiger partial charge in [-0.3, -0.25) is 4.79 Å². The molecule has 4 heterocycles. The smallest absolute Gasteiger partial charge is 0.356 e. The molecule has 2 aromatic heterocycles. The van der Waals surface area contributed by atoms with Crippen molar-refractivity contribution < 1.29 is 31.1 Å². The van der Waals surface area contributed by atoms with E-state index in [1.807, 2.05) is 24.3 Å². The van der Waals surface area contributed by atoms with E-state index in [4.69, 9.17) is 0 Å². The fourth-order valence-electron chi connectivity index (χ4n) is 4.45. The summed E-state index contributed by atoms with van der Waals surface area (Å²) in [6.45, 7) is 0.177. The van der Waals surface area contributed by atoms with Crippen LogP contribution < -0.4 is 0 Å². The van der Waals surface area contributed by atoms with Gasteiger partial charge in [-0.05, 0) is 24.1 Å². The van der Waals surface area contributed by atoms with Gasteiger partial charge in [0.25, 0.3) is 5.91 Å². The van der Waals surface area contributed by atoms with Crippen LogP contribution in [0.1, 0.15) is 44.6 Å². The number of carbonyl (C=O) groups is 1. The summed E-state index contributed by atoms with van der Waals surface area (Å²) in [6.07, 6.45) is -9.97. The number of para-hydroxylation sites is 1. The van der Waals surface area contributed by atoms with Gasteiger partial charge in [0.15, 0.2) is 0 Å². The number of nitrogens with zero attached hydrogens (tertiary/aromatic N) is 2. The molecule has 0 bridgehead atoms. The van der Waals surface area contributed by atoms with Crippen LogP contribution in [0, 0.1) is 0 Å². The number of aromatic nitrogens is 2. The molecular weight excluding hydrogens is 412 g/mol. The molecule has 0 fully saturated rings. The molecule has 5 rings (SSSR count). The van der Waals surface area contributed by atoms with E-state index in [0.717, 1.165) is 16.5 Å². The fraction of sp³-hybridized carbons (Fsp3) is 0.300. The van der Waals surface area contributed by atoms with Gasteiger partial charge in [0.1, 0.15) is 5.69 Å². The highest BCUT2D eigenvalue weighted by molar-refractivity contribution is 5.99. The van der Waals surface area contributed by atoms with Crippen LogP contribution in [-0.2, 0) is 25.2 Å². The number of amides is 1. The van der Waals surface area contributed by atoms with Crippen molar-refractivity contribution in [3.8, 4) is 0 Å². The number of fused-ring (bicyclic) bond motifs is 6. The van der Waals surface area contributed by atoms with Crippen LogP contribution in [0.3, 0.4) is 0 Å². The van der Waals surface area contributed by atoms with E-state index in [1.165, 1.54) is 4.90 Å². The summed E-state index contributed by atoms with van der Waals surface area (Å²) in [5, 5.41) is 0.929. The van der Waals surface area contributed by atoms with Gasteiger partial charge in [-0.1, -0.05) is 18.2 Å². The van der Waals surface area contributed by atoms with Gasteiger partial charge in [-0.15, -0.1) is 0 Å². The average molecular weight is 425 g/mol. The Balaban J connectivity index is 1.71. The van der Waals surface area contributed by atoms with Crippen molar-refractivity contribution in [2.24, 2.45) is 0 Å². The standard InChI is InChI=1S/C20H13F6N3O/c21-19(22,23)11-7-15(20(24,25)26)27-13-8-14-17-10(5-6-29(14)18(30)16(11)13)9-3-1-2-4-12(9)28-17/h1-4,7,14,28H,5-6,8H2/t14-/m1/s1. The molecule has 1 N–H and O–H groups in total. The lowest BCUT2D eigenvalue weighted by atomic mass is 9.87. The Morgan fingerprint density at radius 2 is 1.80 bits per heavy atom. The molecule has 0 radical (unpaired) electrons. The lowest BCUT2D eigenvalue weighted by Crippen LogP contribution is -2.46. The zero-order valence-corrected chi connectivity index (χ0v) is 15.2. The van der Waals surface area contributed by atoms with Gasteiger partial charge in [0.05, 0.1) is 22.9 Å². The maximum Gasteiger partial charge on any atom is 0.433 e. The van der Waals surface area contributed by atoms with Crippen LogP contribution in [0.15, 0.2) is 30.3 Å². The summed E-state index contributed by atoms with van der Waals surface area (Å²) < 4.78 is 80.3. The minimum atomic E-state index is -5.11. The van der Waals surface area contributed by atoms with Crippen LogP contribution in [-0.4, -0.2) is 27.3 Å². The normalized spacial score (nSPS) is 18.9. The van der Waals surface area contributed by atoms with E-state index < -0.39 is 46.8 Å². The molecule has 4 nitrogen and oxygen atoms in total. The summed E-state index contributed by atoms with van der Waals surface area (Å²) in [7, 11) is 0. The minimum absolute atomic E-state index is 0.0740. The zero-order chi connectivity index (χ0) is 21.4. The molecule has 0 saturated carbocycles. The SMILES string of the molecule is O=C1c2c(C(F)(F)F)cc(C(F)(F)F)nc2C[C@@H]2c3[nH]c4ccccc4c3CCN12. The first-order valence-corrected chi connectivity index (χ1v) is 9.14. The number of aromatic amines is 1. The summed E-state index contributed by atoms with van der Waals surface area (Å²) >= 11 is 0. The third-order valence-corrected chi connectivity index (χ3v) is 5.71. The van der Waals surface area contributed by atoms with Gasteiger partial charge >= 0.3 is 12.4 Å². The zero-order valence-electron chi connectivity index (χ0n) is 15.2. The Morgan fingerprint density at radius 3 is 2.50 bits per heavy atom. The van der Waals surface area contributed by atoms with Gasteiger partial charge in [-0.25, -0.2) is 4.98 Å². The number of pyridine rings is 1. The van der Waals surface area contributed by atoms with E-state index in [9.17, 15) is 31.1 Å². The number of rotatable bonds is 0. The lowest BCUT2D eigenvalue weighted by Gasteiger charge is -2.40. The number of alkyl halides is 6. The van der Waals surface area contributed by atoms with Crippen molar-refractivity contribution in [2.75, 3.05) is 6.54 Å². The molecule has 0 unspecified atom stereocenters. The number of benzene rings is 1. The van der Waals surface area contributed by atoms with Crippen LogP contribution in [0.2, 0.25) is 0 Å². The molecule has 0 spiro atoms. The Morgan fingerprint density at radius 1 is 1.07 bits per heavy atom. The highest BCUT2D eigenvalue weighted by Gasteiger charge is 2.47.